The second-order valence-corrected chi connectivity index (χ2v) is 9.72. The summed E-state index contributed by atoms with van der Waals surface area (Å²) in [6.45, 7) is 8.22. The lowest BCUT2D eigenvalue weighted by atomic mass is 10.2. The summed E-state index contributed by atoms with van der Waals surface area (Å²) in [6, 6.07) is 10.4. The molecule has 2 aromatic heterocycles. The summed E-state index contributed by atoms with van der Waals surface area (Å²) >= 11 is 3.52. The van der Waals surface area contributed by atoms with Crippen LogP contribution in [0, 0.1) is 13.8 Å². The fourth-order valence-electron chi connectivity index (χ4n) is 3.63. The van der Waals surface area contributed by atoms with Crippen molar-refractivity contribution in [3.8, 4) is 0 Å². The summed E-state index contributed by atoms with van der Waals surface area (Å²) in [5.74, 6) is 2.74. The normalized spacial score (nSPS) is 15.0. The van der Waals surface area contributed by atoms with Gasteiger partial charge in [-0.3, -0.25) is 9.69 Å². The lowest BCUT2D eigenvalue weighted by Gasteiger charge is -2.35. The fourth-order valence-corrected chi connectivity index (χ4v) is 5.45. The van der Waals surface area contributed by atoms with Crippen LogP contribution in [-0.2, 0) is 10.5 Å². The second kappa shape index (κ2) is 9.32. The molecule has 1 N–H and O–H groups in total. The summed E-state index contributed by atoms with van der Waals surface area (Å²) in [5, 5.41) is 3.89. The number of nitrogens with zero attached hydrogens (tertiary/aromatic N) is 4. The Bertz CT molecular complexity index is 1030. The predicted molar refractivity (Wildman–Crippen MR) is 126 cm³/mol. The van der Waals surface area contributed by atoms with Crippen molar-refractivity contribution >= 4 is 45.0 Å². The number of benzene rings is 1. The molecule has 1 amide bonds. The Labute approximate surface area is 185 Å². The maximum Gasteiger partial charge on any atom is 0.233 e. The van der Waals surface area contributed by atoms with Gasteiger partial charge in [0, 0.05) is 43.0 Å². The summed E-state index contributed by atoms with van der Waals surface area (Å²) < 4.78 is 0. The van der Waals surface area contributed by atoms with Gasteiger partial charge in [-0.2, -0.15) is 0 Å². The molecule has 0 bridgehead atoms. The highest BCUT2D eigenvalue weighted by atomic mass is 32.2. The molecule has 6 nitrogen and oxygen atoms in total. The van der Waals surface area contributed by atoms with E-state index in [1.165, 1.54) is 20.7 Å². The number of fused-ring (bicyclic) bond motifs is 1. The average molecular weight is 442 g/mol. The average Bonchev–Trinajstić information content (AvgIpc) is 3.06. The van der Waals surface area contributed by atoms with Crippen LogP contribution >= 0.6 is 23.1 Å². The molecule has 1 aliphatic heterocycles. The van der Waals surface area contributed by atoms with Gasteiger partial charge >= 0.3 is 0 Å². The maximum absolute atomic E-state index is 11.7. The number of aromatic nitrogens is 2. The first-order chi connectivity index (χ1) is 14.5. The number of thiophene rings is 1. The van der Waals surface area contributed by atoms with Crippen molar-refractivity contribution in [1.29, 1.82) is 0 Å². The third-order valence-corrected chi connectivity index (χ3v) is 7.59. The molecular formula is C22H27N5OS2. The third kappa shape index (κ3) is 4.61. The van der Waals surface area contributed by atoms with E-state index in [0.29, 0.717) is 6.54 Å². The van der Waals surface area contributed by atoms with E-state index in [1.54, 1.807) is 30.1 Å². The van der Waals surface area contributed by atoms with Gasteiger partial charge < -0.3 is 10.2 Å². The van der Waals surface area contributed by atoms with Gasteiger partial charge in [-0.1, -0.05) is 18.2 Å². The van der Waals surface area contributed by atoms with Crippen molar-refractivity contribution in [1.82, 2.24) is 20.2 Å². The predicted octanol–water partition coefficient (Wildman–Crippen LogP) is 3.47. The van der Waals surface area contributed by atoms with Gasteiger partial charge in [0.05, 0.1) is 17.7 Å². The van der Waals surface area contributed by atoms with Crippen LogP contribution in [0.4, 0.5) is 5.82 Å². The zero-order valence-electron chi connectivity index (χ0n) is 17.6. The number of hydrogen-bond acceptors (Lipinski definition) is 7. The van der Waals surface area contributed by atoms with Crippen molar-refractivity contribution in [2.45, 2.75) is 24.5 Å². The lowest BCUT2D eigenvalue weighted by Crippen LogP contribution is -2.49. The molecule has 0 saturated carbocycles. The third-order valence-electron chi connectivity index (χ3n) is 5.48. The Kier molecular flexibility index (Phi) is 6.55. The van der Waals surface area contributed by atoms with Crippen LogP contribution in [0.15, 0.2) is 35.2 Å². The van der Waals surface area contributed by atoms with Gasteiger partial charge in [0.15, 0.2) is 0 Å². The SMILES string of the molecule is CNC(=O)CN1CCN(c2nc(CSc3ccccc3)nc3sc(C)c(C)c23)CC1. The van der Waals surface area contributed by atoms with Gasteiger partial charge in [0.1, 0.15) is 16.5 Å². The molecule has 1 aliphatic rings. The topological polar surface area (TPSA) is 61.4 Å². The van der Waals surface area contributed by atoms with Crippen LogP contribution in [0.25, 0.3) is 10.2 Å². The number of nitrogens with one attached hydrogen (secondary N) is 1. The molecule has 1 fully saturated rings. The highest BCUT2D eigenvalue weighted by Crippen LogP contribution is 2.36. The van der Waals surface area contributed by atoms with Gasteiger partial charge in [-0.05, 0) is 31.5 Å². The zero-order valence-corrected chi connectivity index (χ0v) is 19.3. The number of amides is 1. The smallest absolute Gasteiger partial charge is 0.233 e. The molecule has 3 aromatic rings. The van der Waals surface area contributed by atoms with Crippen LogP contribution in [0.1, 0.15) is 16.3 Å². The Morgan fingerprint density at radius 3 is 2.57 bits per heavy atom. The van der Waals surface area contributed by atoms with E-state index in [-0.39, 0.29) is 5.91 Å². The summed E-state index contributed by atoms with van der Waals surface area (Å²) in [6.07, 6.45) is 0. The Balaban J connectivity index is 1.57. The number of carbonyl (C=O) groups excluding carboxylic acids is 1. The molecule has 0 aliphatic carbocycles. The highest BCUT2D eigenvalue weighted by Gasteiger charge is 2.24. The number of aryl methyl sites for hydroxylation is 2. The minimum Gasteiger partial charge on any atom is -0.358 e. The van der Waals surface area contributed by atoms with Crippen LogP contribution in [0.2, 0.25) is 0 Å². The molecule has 158 valence electrons. The largest absolute Gasteiger partial charge is 0.358 e. The van der Waals surface area contributed by atoms with Gasteiger partial charge in [-0.25, -0.2) is 9.97 Å². The number of piperazine rings is 1. The minimum atomic E-state index is 0.0670. The molecule has 0 atom stereocenters. The molecule has 8 heteroatoms. The van der Waals surface area contributed by atoms with E-state index in [2.05, 4.69) is 53.2 Å². The number of hydrogen-bond donors (Lipinski definition) is 1. The molecule has 0 radical (unpaired) electrons. The summed E-state index contributed by atoms with van der Waals surface area (Å²) in [5.41, 5.74) is 1.28. The summed E-state index contributed by atoms with van der Waals surface area (Å²) in [4.78, 5) is 29.8. The number of carbonyl (C=O) groups is 1. The molecular weight excluding hydrogens is 414 g/mol. The van der Waals surface area contributed by atoms with Gasteiger partial charge in [-0.15, -0.1) is 23.1 Å². The van der Waals surface area contributed by atoms with E-state index < -0.39 is 0 Å². The van der Waals surface area contributed by atoms with E-state index >= 15 is 0 Å². The van der Waals surface area contributed by atoms with Crippen LogP contribution in [0.3, 0.4) is 0 Å². The summed E-state index contributed by atoms with van der Waals surface area (Å²) in [7, 11) is 1.69. The Hall–Kier alpha value is -2.16. The van der Waals surface area contributed by atoms with E-state index in [9.17, 15) is 4.79 Å². The van der Waals surface area contributed by atoms with E-state index in [0.717, 1.165) is 48.4 Å². The molecule has 4 rings (SSSR count). The molecule has 1 aromatic carbocycles. The molecule has 30 heavy (non-hydrogen) atoms. The number of anilines is 1. The van der Waals surface area contributed by atoms with Crippen molar-refractivity contribution in [3.05, 3.63) is 46.6 Å². The Morgan fingerprint density at radius 2 is 1.87 bits per heavy atom. The molecule has 0 spiro atoms. The number of rotatable bonds is 6. The van der Waals surface area contributed by atoms with E-state index in [4.69, 9.17) is 9.97 Å². The molecule has 0 unspecified atom stereocenters. The van der Waals surface area contributed by atoms with E-state index in [1.807, 2.05) is 6.07 Å². The monoisotopic (exact) mass is 441 g/mol. The number of thioether (sulfide) groups is 1. The zero-order chi connectivity index (χ0) is 21.1. The lowest BCUT2D eigenvalue weighted by molar-refractivity contribution is -0.121. The minimum absolute atomic E-state index is 0.0670. The second-order valence-electron chi connectivity index (χ2n) is 7.46. The molecule has 3 heterocycles. The maximum atomic E-state index is 11.7. The van der Waals surface area contributed by atoms with Gasteiger partial charge in [0.2, 0.25) is 5.91 Å². The first kappa shape index (κ1) is 21.1. The van der Waals surface area contributed by atoms with Crippen LogP contribution in [0.5, 0.6) is 0 Å². The first-order valence-electron chi connectivity index (χ1n) is 10.2. The quantitative estimate of drug-likeness (QED) is 0.591. The standard InChI is InChI=1S/C22H27N5OS2/c1-15-16(2)30-22-20(15)21(27-11-9-26(10-12-27)13-19(28)23-3)24-18(25-22)14-29-17-7-5-4-6-8-17/h4-8H,9-14H2,1-3H3,(H,23,28). The van der Waals surface area contributed by atoms with Crippen molar-refractivity contribution < 1.29 is 4.79 Å². The van der Waals surface area contributed by atoms with Crippen molar-refractivity contribution in [3.63, 3.8) is 0 Å². The number of likely N-dealkylation sites (N-methyl/N-ethyl adjacent to an activating group) is 1. The molecule has 1 saturated heterocycles. The van der Waals surface area contributed by atoms with Crippen molar-refractivity contribution in [2.75, 3.05) is 44.7 Å². The fraction of sp³-hybridized carbons (Fsp3) is 0.409. The Morgan fingerprint density at radius 1 is 1.13 bits per heavy atom. The van der Waals surface area contributed by atoms with Crippen LogP contribution in [-0.4, -0.2) is 60.5 Å². The first-order valence-corrected chi connectivity index (χ1v) is 12.0. The van der Waals surface area contributed by atoms with Crippen LogP contribution < -0.4 is 10.2 Å². The van der Waals surface area contributed by atoms with Gasteiger partial charge in [0.25, 0.3) is 0 Å². The highest BCUT2D eigenvalue weighted by molar-refractivity contribution is 7.98. The van der Waals surface area contributed by atoms with Crippen molar-refractivity contribution in [2.24, 2.45) is 0 Å².